The average Bonchev–Trinajstić information content (AvgIpc) is 2.46. The Kier molecular flexibility index (Phi) is 5.42. The number of carboxylic acid groups (broad SMARTS) is 1. The van der Waals surface area contributed by atoms with Gasteiger partial charge in [0.15, 0.2) is 0 Å². The third kappa shape index (κ3) is 4.32. The molecule has 21 heavy (non-hydrogen) atoms. The molecule has 0 saturated heterocycles. The quantitative estimate of drug-likeness (QED) is 0.725. The van der Waals surface area contributed by atoms with E-state index in [-0.39, 0.29) is 0 Å². The molecule has 0 aliphatic carbocycles. The third-order valence-electron chi connectivity index (χ3n) is 3.26. The summed E-state index contributed by atoms with van der Waals surface area (Å²) >= 11 is 6.93. The van der Waals surface area contributed by atoms with Crippen LogP contribution < -0.4 is 5.32 Å². The molecule has 0 heterocycles. The molecule has 0 aliphatic rings. The molecule has 0 saturated carbocycles. The maximum absolute atomic E-state index is 10.9. The number of hydrogen-bond acceptors (Lipinski definition) is 2. The maximum atomic E-state index is 10.9. The number of aliphatic carboxylic acids is 1. The van der Waals surface area contributed by atoms with Gasteiger partial charge in [-0.3, -0.25) is 4.79 Å². The molecule has 110 valence electrons. The zero-order valence-corrected chi connectivity index (χ0v) is 14.6. The highest BCUT2D eigenvalue weighted by Gasteiger charge is 2.12. The normalized spacial score (nSPS) is 12.0. The molecular formula is C16H15Br2NO2. The molecule has 1 unspecified atom stereocenters. The van der Waals surface area contributed by atoms with Crippen LogP contribution in [0.15, 0.2) is 51.4 Å². The van der Waals surface area contributed by atoms with Gasteiger partial charge in [0.25, 0.3) is 0 Å². The van der Waals surface area contributed by atoms with E-state index < -0.39 is 11.9 Å². The van der Waals surface area contributed by atoms with Gasteiger partial charge in [0.1, 0.15) is 0 Å². The number of carbonyl (C=O) groups is 1. The highest BCUT2D eigenvalue weighted by atomic mass is 79.9. The second-order valence-corrected chi connectivity index (χ2v) is 6.55. The fourth-order valence-electron chi connectivity index (χ4n) is 1.90. The minimum Gasteiger partial charge on any atom is -0.481 e. The molecule has 0 amide bonds. The second kappa shape index (κ2) is 7.09. The Bertz CT molecular complexity index is 641. The van der Waals surface area contributed by atoms with E-state index in [0.717, 1.165) is 25.8 Å². The number of halogens is 2. The van der Waals surface area contributed by atoms with E-state index in [1.54, 1.807) is 6.92 Å². The van der Waals surface area contributed by atoms with Gasteiger partial charge < -0.3 is 10.4 Å². The fraction of sp³-hybridized carbons (Fsp3) is 0.188. The predicted molar refractivity (Wildman–Crippen MR) is 91.7 cm³/mol. The molecule has 0 bridgehead atoms. The Morgan fingerprint density at radius 3 is 2.43 bits per heavy atom. The zero-order valence-electron chi connectivity index (χ0n) is 11.4. The van der Waals surface area contributed by atoms with Crippen LogP contribution in [0, 0.1) is 0 Å². The predicted octanol–water partition coefficient (Wildman–Crippen LogP) is 5.01. The molecular weight excluding hydrogens is 398 g/mol. The number of benzene rings is 2. The number of rotatable bonds is 5. The number of nitrogens with one attached hydrogen (secondary N) is 1. The van der Waals surface area contributed by atoms with E-state index in [1.807, 2.05) is 42.5 Å². The van der Waals surface area contributed by atoms with E-state index in [0.29, 0.717) is 6.54 Å². The molecule has 0 spiro atoms. The average molecular weight is 413 g/mol. The Labute approximate surface area is 140 Å². The largest absolute Gasteiger partial charge is 0.481 e. The molecule has 0 aromatic heterocycles. The lowest BCUT2D eigenvalue weighted by molar-refractivity contribution is -0.138. The molecule has 0 fully saturated rings. The number of anilines is 1. The van der Waals surface area contributed by atoms with E-state index in [2.05, 4.69) is 37.2 Å². The van der Waals surface area contributed by atoms with E-state index in [4.69, 9.17) is 5.11 Å². The van der Waals surface area contributed by atoms with Crippen LogP contribution in [0.3, 0.4) is 0 Å². The Balaban J connectivity index is 2.02. The van der Waals surface area contributed by atoms with Gasteiger partial charge >= 0.3 is 5.97 Å². The molecule has 0 aliphatic heterocycles. The first-order valence-electron chi connectivity index (χ1n) is 6.48. The van der Waals surface area contributed by atoms with E-state index >= 15 is 0 Å². The topological polar surface area (TPSA) is 49.3 Å². The van der Waals surface area contributed by atoms with Crippen LogP contribution in [0.5, 0.6) is 0 Å². The molecule has 2 N–H and O–H groups in total. The summed E-state index contributed by atoms with van der Waals surface area (Å²) in [6.07, 6.45) is 0. The van der Waals surface area contributed by atoms with Crippen LogP contribution in [-0.2, 0) is 11.3 Å². The van der Waals surface area contributed by atoms with Gasteiger partial charge in [0.05, 0.1) is 5.92 Å². The molecule has 2 aromatic carbocycles. The van der Waals surface area contributed by atoms with Crippen LogP contribution in [-0.4, -0.2) is 11.1 Å². The van der Waals surface area contributed by atoms with Crippen molar-refractivity contribution in [2.75, 3.05) is 5.32 Å². The standard InChI is InChI=1S/C16H15Br2NO2/c1-10(16(20)21)12-4-2-11(3-5-12)9-19-15-7-6-13(17)8-14(15)18/h2-8,10,19H,9H2,1H3,(H,20,21). The summed E-state index contributed by atoms with van der Waals surface area (Å²) < 4.78 is 2.01. The van der Waals surface area contributed by atoms with Crippen molar-refractivity contribution >= 4 is 43.5 Å². The van der Waals surface area contributed by atoms with Crippen LogP contribution in [0.2, 0.25) is 0 Å². The summed E-state index contributed by atoms with van der Waals surface area (Å²) in [7, 11) is 0. The Hall–Kier alpha value is -1.33. The third-order valence-corrected chi connectivity index (χ3v) is 4.41. The minimum atomic E-state index is -0.806. The van der Waals surface area contributed by atoms with Crippen molar-refractivity contribution < 1.29 is 9.90 Å². The Morgan fingerprint density at radius 1 is 1.19 bits per heavy atom. The molecule has 2 rings (SSSR count). The lowest BCUT2D eigenvalue weighted by Crippen LogP contribution is -2.07. The second-order valence-electron chi connectivity index (χ2n) is 4.78. The van der Waals surface area contributed by atoms with Gasteiger partial charge in [-0.25, -0.2) is 0 Å². The van der Waals surface area contributed by atoms with Crippen molar-refractivity contribution in [1.29, 1.82) is 0 Å². The highest BCUT2D eigenvalue weighted by Crippen LogP contribution is 2.26. The first-order chi connectivity index (χ1) is 9.97. The van der Waals surface area contributed by atoms with Crippen LogP contribution >= 0.6 is 31.9 Å². The smallest absolute Gasteiger partial charge is 0.310 e. The SMILES string of the molecule is CC(C(=O)O)c1ccc(CNc2ccc(Br)cc2Br)cc1. The molecule has 0 radical (unpaired) electrons. The van der Waals surface area contributed by atoms with Gasteiger partial charge in [-0.15, -0.1) is 0 Å². The summed E-state index contributed by atoms with van der Waals surface area (Å²) in [5.74, 6) is -1.28. The highest BCUT2D eigenvalue weighted by molar-refractivity contribution is 9.11. The first kappa shape index (κ1) is 16.0. The van der Waals surface area contributed by atoms with Crippen molar-refractivity contribution in [2.45, 2.75) is 19.4 Å². The summed E-state index contributed by atoms with van der Waals surface area (Å²) in [6.45, 7) is 2.37. The molecule has 2 aromatic rings. The Morgan fingerprint density at radius 2 is 1.86 bits per heavy atom. The lowest BCUT2D eigenvalue weighted by Gasteiger charge is -2.11. The summed E-state index contributed by atoms with van der Waals surface area (Å²) in [4.78, 5) is 10.9. The van der Waals surface area contributed by atoms with Crippen LogP contribution in [0.4, 0.5) is 5.69 Å². The van der Waals surface area contributed by atoms with Crippen molar-refractivity contribution in [1.82, 2.24) is 0 Å². The fourth-order valence-corrected chi connectivity index (χ4v) is 3.08. The van der Waals surface area contributed by atoms with Crippen LogP contribution in [0.25, 0.3) is 0 Å². The summed E-state index contributed by atoms with van der Waals surface area (Å²) in [5, 5.41) is 12.3. The monoisotopic (exact) mass is 411 g/mol. The number of carboxylic acids is 1. The van der Waals surface area contributed by atoms with Crippen molar-refractivity contribution in [3.05, 3.63) is 62.5 Å². The first-order valence-corrected chi connectivity index (χ1v) is 8.06. The van der Waals surface area contributed by atoms with Gasteiger partial charge in [-0.1, -0.05) is 40.2 Å². The van der Waals surface area contributed by atoms with Crippen LogP contribution in [0.1, 0.15) is 24.0 Å². The van der Waals surface area contributed by atoms with Crippen molar-refractivity contribution in [3.8, 4) is 0 Å². The molecule has 5 heteroatoms. The number of hydrogen-bond donors (Lipinski definition) is 2. The summed E-state index contributed by atoms with van der Waals surface area (Å²) in [6, 6.07) is 13.6. The summed E-state index contributed by atoms with van der Waals surface area (Å²) in [5.41, 5.74) is 2.93. The molecule has 1 atom stereocenters. The van der Waals surface area contributed by atoms with Gasteiger partial charge in [-0.2, -0.15) is 0 Å². The van der Waals surface area contributed by atoms with E-state index in [9.17, 15) is 4.79 Å². The minimum absolute atomic E-state index is 0.479. The lowest BCUT2D eigenvalue weighted by atomic mass is 10.00. The maximum Gasteiger partial charge on any atom is 0.310 e. The molecule has 3 nitrogen and oxygen atoms in total. The van der Waals surface area contributed by atoms with Gasteiger partial charge in [0.2, 0.25) is 0 Å². The van der Waals surface area contributed by atoms with Crippen molar-refractivity contribution in [3.63, 3.8) is 0 Å². The van der Waals surface area contributed by atoms with Gasteiger partial charge in [-0.05, 0) is 52.2 Å². The van der Waals surface area contributed by atoms with E-state index in [1.165, 1.54) is 0 Å². The van der Waals surface area contributed by atoms with Crippen molar-refractivity contribution in [2.24, 2.45) is 0 Å². The van der Waals surface area contributed by atoms with Gasteiger partial charge in [0, 0.05) is 21.2 Å². The zero-order chi connectivity index (χ0) is 15.4.